The second-order valence-corrected chi connectivity index (χ2v) is 11.1. The third-order valence-electron chi connectivity index (χ3n) is 7.77. The van der Waals surface area contributed by atoms with Crippen molar-refractivity contribution in [3.05, 3.63) is 42.7 Å². The maximum Gasteiger partial charge on any atom is 0.229 e. The molecule has 0 aliphatic carbocycles. The van der Waals surface area contributed by atoms with Crippen LogP contribution in [0.3, 0.4) is 0 Å². The Kier molecular flexibility index (Phi) is 7.38. The molecule has 0 bridgehead atoms. The van der Waals surface area contributed by atoms with Crippen LogP contribution in [0.5, 0.6) is 0 Å². The Labute approximate surface area is 225 Å². The van der Waals surface area contributed by atoms with E-state index in [0.717, 1.165) is 55.7 Å². The van der Waals surface area contributed by atoms with Crippen LogP contribution < -0.4 is 15.5 Å². The van der Waals surface area contributed by atoms with Gasteiger partial charge in [-0.3, -0.25) is 4.79 Å². The maximum absolute atomic E-state index is 12.7. The van der Waals surface area contributed by atoms with Gasteiger partial charge in [-0.25, -0.2) is 15.0 Å². The van der Waals surface area contributed by atoms with Crippen LogP contribution in [0.1, 0.15) is 46.6 Å². The van der Waals surface area contributed by atoms with Crippen molar-refractivity contribution in [2.24, 2.45) is 5.92 Å². The smallest absolute Gasteiger partial charge is 0.229 e. The maximum atomic E-state index is 12.7. The lowest BCUT2D eigenvalue weighted by Crippen LogP contribution is -2.49. The number of imidazole rings is 1. The summed E-state index contributed by atoms with van der Waals surface area (Å²) in [6, 6.07) is 8.85. The molecule has 0 saturated carbocycles. The number of piperazine rings is 1. The topological polar surface area (TPSA) is 91.2 Å². The van der Waals surface area contributed by atoms with Crippen molar-refractivity contribution >= 4 is 28.6 Å². The molecule has 2 aromatic heterocycles. The number of carbonyl (C=O) groups excluding carboxylic acids is 1. The first-order valence-electron chi connectivity index (χ1n) is 13.8. The highest BCUT2D eigenvalue weighted by molar-refractivity contribution is 5.87. The summed E-state index contributed by atoms with van der Waals surface area (Å²) in [7, 11) is 2.17. The van der Waals surface area contributed by atoms with E-state index in [9.17, 15) is 4.79 Å². The summed E-state index contributed by atoms with van der Waals surface area (Å²) in [4.78, 5) is 32.1. The van der Waals surface area contributed by atoms with E-state index in [2.05, 4.69) is 70.2 Å². The van der Waals surface area contributed by atoms with Crippen LogP contribution in [0.15, 0.2) is 42.7 Å². The highest BCUT2D eigenvalue weighted by Crippen LogP contribution is 2.29. The molecule has 1 aromatic carbocycles. The Morgan fingerprint density at radius 1 is 1.08 bits per heavy atom. The Morgan fingerprint density at radius 2 is 1.79 bits per heavy atom. The summed E-state index contributed by atoms with van der Waals surface area (Å²) in [5.74, 6) is 1.05. The summed E-state index contributed by atoms with van der Waals surface area (Å²) in [6.07, 6.45) is 7.88. The van der Waals surface area contributed by atoms with E-state index in [1.807, 2.05) is 32.3 Å². The van der Waals surface area contributed by atoms with Gasteiger partial charge in [0, 0.05) is 50.0 Å². The highest BCUT2D eigenvalue weighted by Gasteiger charge is 2.28. The molecule has 2 aliphatic rings. The number of nitrogens with zero attached hydrogens (tertiary/aromatic N) is 6. The van der Waals surface area contributed by atoms with Gasteiger partial charge < -0.3 is 25.0 Å². The number of benzene rings is 1. The lowest BCUT2D eigenvalue weighted by atomic mass is 9.94. The third-order valence-corrected chi connectivity index (χ3v) is 7.77. The molecule has 1 unspecified atom stereocenters. The van der Waals surface area contributed by atoms with Crippen molar-refractivity contribution in [1.82, 2.24) is 29.7 Å². The quantitative estimate of drug-likeness (QED) is 0.436. The van der Waals surface area contributed by atoms with Crippen molar-refractivity contribution in [1.29, 1.82) is 0 Å². The van der Waals surface area contributed by atoms with Crippen LogP contribution in [0, 0.1) is 5.92 Å². The van der Waals surface area contributed by atoms with Crippen molar-refractivity contribution < 1.29 is 4.79 Å². The minimum atomic E-state index is -0.326. The van der Waals surface area contributed by atoms with Crippen LogP contribution in [0.2, 0.25) is 0 Å². The number of fused-ring (bicyclic) bond motifs is 1. The monoisotopic (exact) mass is 516 g/mol. The van der Waals surface area contributed by atoms with E-state index < -0.39 is 0 Å². The molecular weight excluding hydrogens is 476 g/mol. The molecule has 0 spiro atoms. The van der Waals surface area contributed by atoms with Crippen LogP contribution in [0.25, 0.3) is 22.6 Å². The van der Waals surface area contributed by atoms with E-state index in [-0.39, 0.29) is 17.4 Å². The summed E-state index contributed by atoms with van der Waals surface area (Å²) >= 11 is 0. The Hall–Kier alpha value is -3.46. The average Bonchev–Trinajstić information content (AvgIpc) is 3.33. The van der Waals surface area contributed by atoms with E-state index in [1.54, 1.807) is 0 Å². The molecule has 1 saturated heterocycles. The average molecular weight is 517 g/mol. The first kappa shape index (κ1) is 26.2. The second kappa shape index (κ2) is 10.7. The van der Waals surface area contributed by atoms with Crippen LogP contribution in [0.4, 0.5) is 11.5 Å². The predicted octanol–water partition coefficient (Wildman–Crippen LogP) is 4.10. The van der Waals surface area contributed by atoms with Crippen molar-refractivity contribution in [3.63, 3.8) is 0 Å². The fourth-order valence-corrected chi connectivity index (χ4v) is 5.27. The SMILES string of the molecule is CCC(CC)n1cnc2c(NCC3C=CC(C)(C)NC3=O)nc(-c3ccc(N4CCN(C)CC4)cc3)nc21. The molecule has 4 heterocycles. The van der Waals surface area contributed by atoms with Gasteiger partial charge in [0.15, 0.2) is 17.3 Å². The molecule has 9 nitrogen and oxygen atoms in total. The summed E-state index contributed by atoms with van der Waals surface area (Å²) < 4.78 is 2.17. The minimum Gasteiger partial charge on any atom is -0.369 e. The largest absolute Gasteiger partial charge is 0.369 e. The normalized spacial score (nSPS) is 19.8. The van der Waals surface area contributed by atoms with Crippen LogP contribution in [-0.4, -0.2) is 75.6 Å². The highest BCUT2D eigenvalue weighted by atomic mass is 16.2. The molecule has 5 rings (SSSR count). The molecule has 1 atom stereocenters. The van der Waals surface area contributed by atoms with E-state index in [1.165, 1.54) is 5.69 Å². The molecule has 2 N–H and O–H groups in total. The van der Waals surface area contributed by atoms with E-state index in [0.29, 0.717) is 24.2 Å². The number of rotatable bonds is 8. The van der Waals surface area contributed by atoms with Gasteiger partial charge >= 0.3 is 0 Å². The van der Waals surface area contributed by atoms with E-state index >= 15 is 0 Å². The first-order chi connectivity index (χ1) is 18.3. The standard InChI is InChI=1S/C29H40N8O/c1-6-22(7-2)37-19-31-24-26(30-18-21-12-13-29(3,4)34-28(21)38)32-25(33-27(24)37)20-8-10-23(11-9-20)36-16-14-35(5)15-17-36/h8-13,19,21-22H,6-7,14-18H2,1-5H3,(H,34,38)(H,30,32,33). The zero-order valence-electron chi connectivity index (χ0n) is 23.2. The number of anilines is 2. The van der Waals surface area contributed by atoms with Gasteiger partial charge in [-0.05, 0) is 58.0 Å². The molecule has 3 aromatic rings. The zero-order valence-corrected chi connectivity index (χ0v) is 23.2. The van der Waals surface area contributed by atoms with Gasteiger partial charge in [0.05, 0.1) is 17.8 Å². The Balaban J connectivity index is 1.47. The number of carbonyl (C=O) groups is 1. The second-order valence-electron chi connectivity index (χ2n) is 11.1. The molecule has 202 valence electrons. The lowest BCUT2D eigenvalue weighted by molar-refractivity contribution is -0.124. The zero-order chi connectivity index (χ0) is 26.9. The van der Waals surface area contributed by atoms with Gasteiger partial charge in [0.1, 0.15) is 5.52 Å². The minimum absolute atomic E-state index is 0.0116. The molecular formula is C29H40N8O. The summed E-state index contributed by atoms with van der Waals surface area (Å²) in [5, 5.41) is 6.49. The van der Waals surface area contributed by atoms with Crippen molar-refractivity contribution in [2.45, 2.75) is 52.1 Å². The molecule has 1 amide bonds. The molecule has 0 radical (unpaired) electrons. The van der Waals surface area contributed by atoms with Crippen molar-refractivity contribution in [2.75, 3.05) is 50.0 Å². The molecule has 9 heteroatoms. The van der Waals surface area contributed by atoms with E-state index in [4.69, 9.17) is 15.0 Å². The van der Waals surface area contributed by atoms with Gasteiger partial charge in [-0.1, -0.05) is 26.0 Å². The lowest BCUT2D eigenvalue weighted by Gasteiger charge is -2.34. The Morgan fingerprint density at radius 3 is 2.45 bits per heavy atom. The van der Waals surface area contributed by atoms with Crippen LogP contribution >= 0.6 is 0 Å². The number of amides is 1. The van der Waals surface area contributed by atoms with Crippen LogP contribution in [-0.2, 0) is 4.79 Å². The fourth-order valence-electron chi connectivity index (χ4n) is 5.27. The summed E-state index contributed by atoms with van der Waals surface area (Å²) in [5.41, 5.74) is 3.41. The number of nitrogens with one attached hydrogen (secondary N) is 2. The van der Waals surface area contributed by atoms with Gasteiger partial charge in [-0.2, -0.15) is 0 Å². The fraction of sp³-hybridized carbons (Fsp3) is 0.517. The number of likely N-dealkylation sites (N-methyl/N-ethyl adjacent to an activating group) is 1. The summed E-state index contributed by atoms with van der Waals surface area (Å²) in [6.45, 7) is 13.0. The predicted molar refractivity (Wildman–Crippen MR) is 153 cm³/mol. The first-order valence-corrected chi connectivity index (χ1v) is 13.8. The molecule has 38 heavy (non-hydrogen) atoms. The number of hydrogen-bond acceptors (Lipinski definition) is 7. The van der Waals surface area contributed by atoms with Crippen molar-refractivity contribution in [3.8, 4) is 11.4 Å². The van der Waals surface area contributed by atoms with Gasteiger partial charge in [-0.15, -0.1) is 0 Å². The molecule has 1 fully saturated rings. The molecule has 2 aliphatic heterocycles. The van der Waals surface area contributed by atoms with Gasteiger partial charge in [0.2, 0.25) is 5.91 Å². The Bertz CT molecular complexity index is 1300. The third kappa shape index (κ3) is 5.38. The number of aromatic nitrogens is 4. The van der Waals surface area contributed by atoms with Gasteiger partial charge in [0.25, 0.3) is 0 Å². The number of hydrogen-bond donors (Lipinski definition) is 2.